The molecule has 2 N–H and O–H groups in total. The number of aliphatic carboxylic acids is 1. The summed E-state index contributed by atoms with van der Waals surface area (Å²) in [6, 6.07) is 7.02. The first-order valence-corrected chi connectivity index (χ1v) is 11.9. The Morgan fingerprint density at radius 3 is 2.56 bits per heavy atom. The van der Waals surface area contributed by atoms with E-state index in [1.807, 2.05) is 4.90 Å². The van der Waals surface area contributed by atoms with E-state index < -0.39 is 35.8 Å². The quantitative estimate of drug-likeness (QED) is 0.480. The van der Waals surface area contributed by atoms with Gasteiger partial charge in [0, 0.05) is 35.8 Å². The van der Waals surface area contributed by atoms with Gasteiger partial charge in [-0.25, -0.2) is 4.39 Å². The Hall–Kier alpha value is -2.56. The Kier molecular flexibility index (Phi) is 7.41. The molecule has 2 atom stereocenters. The fourth-order valence-corrected chi connectivity index (χ4v) is 4.98. The molecule has 2 aromatic rings. The molecule has 0 saturated carbocycles. The highest BCUT2D eigenvalue weighted by Gasteiger charge is 2.41. The number of carboxylic acid groups (broad SMARTS) is 1. The Morgan fingerprint density at radius 1 is 1.22 bits per heavy atom. The van der Waals surface area contributed by atoms with E-state index in [4.69, 9.17) is 16.3 Å². The molecule has 2 aromatic carbocycles. The number of piperidine rings is 1. The van der Waals surface area contributed by atoms with Gasteiger partial charge in [-0.3, -0.25) is 9.69 Å². The number of ether oxygens (including phenoxy) is 2. The number of carbonyl (C=O) groups is 1. The van der Waals surface area contributed by atoms with Gasteiger partial charge in [0.15, 0.2) is 11.6 Å². The standard InChI is InChI=1S/C25H26ClF4NO5/c1-14(23(33)34)21(32)18-4-2-15-6-7-24(36-22(15)20(18)27)8-10-31(11-9-24)13-16-12-17(26)3-5-19(16)35-25(28,29)30/h2-5,12,14,21,32H,6-11,13H2,1H3,(H,33,34)/t14-,21+/m0/s1. The van der Waals surface area contributed by atoms with Gasteiger partial charge in [0.1, 0.15) is 11.4 Å². The molecule has 6 nitrogen and oxygen atoms in total. The zero-order chi connectivity index (χ0) is 26.3. The monoisotopic (exact) mass is 531 g/mol. The van der Waals surface area contributed by atoms with Gasteiger partial charge in [-0.15, -0.1) is 13.2 Å². The lowest BCUT2D eigenvalue weighted by molar-refractivity contribution is -0.275. The number of alkyl halides is 3. The zero-order valence-corrected chi connectivity index (χ0v) is 20.2. The molecule has 1 saturated heterocycles. The molecule has 4 rings (SSSR count). The number of halogens is 5. The van der Waals surface area contributed by atoms with Crippen LogP contribution in [-0.4, -0.2) is 46.1 Å². The number of hydrogen-bond acceptors (Lipinski definition) is 5. The first-order chi connectivity index (χ1) is 16.9. The van der Waals surface area contributed by atoms with E-state index in [-0.39, 0.29) is 23.6 Å². The fraction of sp³-hybridized carbons (Fsp3) is 0.480. The van der Waals surface area contributed by atoms with Crippen molar-refractivity contribution in [3.8, 4) is 11.5 Å². The number of nitrogens with zero attached hydrogens (tertiary/aromatic N) is 1. The molecule has 2 heterocycles. The average molecular weight is 532 g/mol. The van der Waals surface area contributed by atoms with Crippen LogP contribution in [-0.2, 0) is 17.8 Å². The van der Waals surface area contributed by atoms with Crippen molar-refractivity contribution in [1.29, 1.82) is 0 Å². The topological polar surface area (TPSA) is 79.2 Å². The van der Waals surface area contributed by atoms with Gasteiger partial charge in [0.2, 0.25) is 0 Å². The number of fused-ring (bicyclic) bond motifs is 1. The lowest BCUT2D eigenvalue weighted by atomic mass is 9.82. The normalized spacial score (nSPS) is 19.3. The molecule has 0 bridgehead atoms. The zero-order valence-electron chi connectivity index (χ0n) is 19.4. The number of hydrogen-bond donors (Lipinski definition) is 2. The van der Waals surface area contributed by atoms with Crippen LogP contribution in [0.2, 0.25) is 5.02 Å². The molecule has 2 aliphatic heterocycles. The van der Waals surface area contributed by atoms with Crippen LogP contribution in [0.5, 0.6) is 11.5 Å². The summed E-state index contributed by atoms with van der Waals surface area (Å²) >= 11 is 6.00. The summed E-state index contributed by atoms with van der Waals surface area (Å²) in [7, 11) is 0. The smallest absolute Gasteiger partial charge is 0.484 e. The van der Waals surface area contributed by atoms with Crippen LogP contribution < -0.4 is 9.47 Å². The van der Waals surface area contributed by atoms with Crippen LogP contribution in [0.4, 0.5) is 17.6 Å². The number of aliphatic hydroxyl groups excluding tert-OH is 1. The van der Waals surface area contributed by atoms with E-state index >= 15 is 4.39 Å². The third-order valence-corrected chi connectivity index (χ3v) is 7.20. The lowest BCUT2D eigenvalue weighted by Gasteiger charge is -2.45. The van der Waals surface area contributed by atoms with E-state index in [9.17, 15) is 28.2 Å². The highest BCUT2D eigenvalue weighted by Crippen LogP contribution is 2.43. The van der Waals surface area contributed by atoms with Crippen LogP contribution in [0.3, 0.4) is 0 Å². The number of aliphatic hydroxyl groups is 1. The predicted octanol–water partition coefficient (Wildman–Crippen LogP) is 5.49. The predicted molar refractivity (Wildman–Crippen MR) is 122 cm³/mol. The molecule has 196 valence electrons. The van der Waals surface area contributed by atoms with Crippen molar-refractivity contribution in [2.75, 3.05) is 13.1 Å². The maximum Gasteiger partial charge on any atom is 0.573 e. The van der Waals surface area contributed by atoms with E-state index in [2.05, 4.69) is 4.74 Å². The Bertz CT molecular complexity index is 1130. The highest BCUT2D eigenvalue weighted by atomic mass is 35.5. The second kappa shape index (κ2) is 10.1. The van der Waals surface area contributed by atoms with Gasteiger partial charge in [0.25, 0.3) is 0 Å². The largest absolute Gasteiger partial charge is 0.573 e. The molecular weight excluding hydrogens is 506 g/mol. The summed E-state index contributed by atoms with van der Waals surface area (Å²) < 4.78 is 64.0. The van der Waals surface area contributed by atoms with E-state index in [1.165, 1.54) is 31.2 Å². The van der Waals surface area contributed by atoms with Gasteiger partial charge >= 0.3 is 12.3 Å². The molecule has 2 aliphatic rings. The molecule has 36 heavy (non-hydrogen) atoms. The number of carboxylic acids is 1. The highest BCUT2D eigenvalue weighted by molar-refractivity contribution is 6.30. The Labute approximate surface area is 210 Å². The Balaban J connectivity index is 1.47. The first-order valence-electron chi connectivity index (χ1n) is 11.6. The maximum atomic E-state index is 15.3. The average Bonchev–Trinajstić information content (AvgIpc) is 2.81. The molecule has 0 aromatic heterocycles. The minimum atomic E-state index is -4.82. The van der Waals surface area contributed by atoms with Gasteiger partial charge in [0.05, 0.1) is 12.0 Å². The number of aryl methyl sites for hydroxylation is 1. The van der Waals surface area contributed by atoms with Crippen molar-refractivity contribution < 1.29 is 42.0 Å². The van der Waals surface area contributed by atoms with Crippen LogP contribution in [0, 0.1) is 11.7 Å². The van der Waals surface area contributed by atoms with E-state index in [0.717, 1.165) is 0 Å². The van der Waals surface area contributed by atoms with Crippen LogP contribution in [0.1, 0.15) is 49.0 Å². The van der Waals surface area contributed by atoms with Crippen molar-refractivity contribution >= 4 is 17.6 Å². The maximum absolute atomic E-state index is 15.3. The van der Waals surface area contributed by atoms with E-state index in [0.29, 0.717) is 54.9 Å². The minimum Gasteiger partial charge on any atom is -0.484 e. The van der Waals surface area contributed by atoms with Crippen molar-refractivity contribution in [3.63, 3.8) is 0 Å². The summed E-state index contributed by atoms with van der Waals surface area (Å²) in [5, 5.41) is 19.8. The minimum absolute atomic E-state index is 0.0274. The van der Waals surface area contributed by atoms with Crippen LogP contribution in [0.15, 0.2) is 30.3 Å². The molecule has 0 unspecified atom stereocenters. The summed E-state index contributed by atoms with van der Waals surface area (Å²) in [6.45, 7) is 2.48. The van der Waals surface area contributed by atoms with Crippen LogP contribution in [0.25, 0.3) is 0 Å². The van der Waals surface area contributed by atoms with Crippen molar-refractivity contribution in [1.82, 2.24) is 4.90 Å². The molecular formula is C25H26ClF4NO5. The molecule has 1 spiro atoms. The molecule has 0 radical (unpaired) electrons. The van der Waals surface area contributed by atoms with E-state index in [1.54, 1.807) is 6.07 Å². The number of rotatable bonds is 6. The summed E-state index contributed by atoms with van der Waals surface area (Å²) in [6.07, 6.45) is -4.13. The van der Waals surface area contributed by atoms with Crippen LogP contribution >= 0.6 is 11.6 Å². The second-order valence-corrected chi connectivity index (χ2v) is 9.83. The summed E-state index contributed by atoms with van der Waals surface area (Å²) in [4.78, 5) is 13.2. The number of benzene rings is 2. The van der Waals surface area contributed by atoms with Crippen molar-refractivity contribution in [2.24, 2.45) is 5.92 Å². The third-order valence-electron chi connectivity index (χ3n) is 6.97. The summed E-state index contributed by atoms with van der Waals surface area (Å²) in [5.41, 5.74) is 0.165. The third kappa shape index (κ3) is 5.71. The molecule has 1 fully saturated rings. The lowest BCUT2D eigenvalue weighted by Crippen LogP contribution is -2.49. The van der Waals surface area contributed by atoms with Gasteiger partial charge in [-0.05, 0) is 56.4 Å². The Morgan fingerprint density at radius 2 is 1.92 bits per heavy atom. The molecule has 11 heteroatoms. The van der Waals surface area contributed by atoms with Gasteiger partial charge < -0.3 is 19.7 Å². The summed E-state index contributed by atoms with van der Waals surface area (Å²) in [5.74, 6) is -3.48. The van der Waals surface area contributed by atoms with Crippen molar-refractivity contribution in [3.05, 3.63) is 57.9 Å². The second-order valence-electron chi connectivity index (χ2n) is 9.39. The molecule has 0 amide bonds. The fourth-order valence-electron chi connectivity index (χ4n) is 4.79. The van der Waals surface area contributed by atoms with Gasteiger partial charge in [-0.1, -0.05) is 23.7 Å². The SMILES string of the molecule is C[C@H](C(=O)O)[C@@H](O)c1ccc2c(c1F)OC1(CC2)CCN(Cc2cc(Cl)ccc2OC(F)(F)F)CC1. The number of likely N-dealkylation sites (tertiary alicyclic amines) is 1. The van der Waals surface area contributed by atoms with Gasteiger partial charge in [-0.2, -0.15) is 0 Å². The van der Waals surface area contributed by atoms with Crippen molar-refractivity contribution in [2.45, 2.75) is 57.2 Å². The molecule has 0 aliphatic carbocycles. The first kappa shape index (κ1) is 26.5.